The lowest BCUT2D eigenvalue weighted by atomic mass is 10.1. The molecule has 2 N–H and O–H groups in total. The molecule has 0 spiro atoms. The van der Waals surface area contributed by atoms with Gasteiger partial charge in [0.2, 0.25) is 0 Å². The van der Waals surface area contributed by atoms with Crippen molar-refractivity contribution in [2.24, 2.45) is 0 Å². The Bertz CT molecular complexity index is 1190. The minimum atomic E-state index is -0.993. The van der Waals surface area contributed by atoms with Crippen LogP contribution in [0.3, 0.4) is 0 Å². The van der Waals surface area contributed by atoms with E-state index in [9.17, 15) is 14.9 Å². The Hall–Kier alpha value is -4.57. The number of nitriles is 1. The number of hydrogen-bond acceptors (Lipinski definition) is 5. The molecule has 0 heterocycles. The van der Waals surface area contributed by atoms with Gasteiger partial charge in [-0.15, -0.1) is 0 Å². The topological polar surface area (TPSA) is 109 Å². The van der Waals surface area contributed by atoms with E-state index in [0.29, 0.717) is 11.3 Å². The maximum absolute atomic E-state index is 12.5. The van der Waals surface area contributed by atoms with Gasteiger partial charge >= 0.3 is 5.97 Å². The van der Waals surface area contributed by atoms with Crippen molar-refractivity contribution in [1.82, 2.24) is 5.32 Å². The van der Waals surface area contributed by atoms with Gasteiger partial charge in [-0.2, -0.15) is 5.26 Å². The largest absolute Gasteiger partial charge is 0.497 e. The van der Waals surface area contributed by atoms with Gasteiger partial charge in [-0.25, -0.2) is 4.79 Å². The Balaban J connectivity index is 1.68. The van der Waals surface area contributed by atoms with Gasteiger partial charge in [-0.3, -0.25) is 4.79 Å². The van der Waals surface area contributed by atoms with Gasteiger partial charge in [0.25, 0.3) is 5.91 Å². The van der Waals surface area contributed by atoms with Gasteiger partial charge < -0.3 is 19.9 Å². The summed E-state index contributed by atoms with van der Waals surface area (Å²) >= 11 is 0. The van der Waals surface area contributed by atoms with Crippen LogP contribution in [0.5, 0.6) is 11.5 Å². The van der Waals surface area contributed by atoms with E-state index < -0.39 is 11.9 Å². The van der Waals surface area contributed by atoms with Crippen molar-refractivity contribution in [1.29, 1.82) is 5.26 Å². The fourth-order valence-electron chi connectivity index (χ4n) is 2.96. The molecular weight excluding hydrogens is 420 g/mol. The molecular formula is C26H22N2O5. The first kappa shape index (κ1) is 23.1. The van der Waals surface area contributed by atoms with Gasteiger partial charge in [-0.05, 0) is 47.5 Å². The Labute approximate surface area is 191 Å². The molecule has 0 bridgehead atoms. The first-order chi connectivity index (χ1) is 16.0. The third-order valence-electron chi connectivity index (χ3n) is 4.79. The van der Waals surface area contributed by atoms with Crippen LogP contribution < -0.4 is 14.8 Å². The maximum atomic E-state index is 12.5. The number of carbonyl (C=O) groups excluding carboxylic acids is 1. The molecule has 33 heavy (non-hydrogen) atoms. The number of para-hydroxylation sites is 1. The Morgan fingerprint density at radius 1 is 1.00 bits per heavy atom. The Kier molecular flexibility index (Phi) is 7.81. The average Bonchev–Trinajstić information content (AvgIpc) is 2.85. The van der Waals surface area contributed by atoms with Crippen LogP contribution in [-0.4, -0.2) is 24.1 Å². The molecule has 0 saturated carbocycles. The second kappa shape index (κ2) is 11.2. The molecule has 0 aliphatic rings. The zero-order valence-corrected chi connectivity index (χ0v) is 17.9. The molecule has 3 aromatic rings. The van der Waals surface area contributed by atoms with Crippen molar-refractivity contribution in [3.05, 3.63) is 101 Å². The molecule has 3 rings (SSSR count). The predicted molar refractivity (Wildman–Crippen MR) is 123 cm³/mol. The van der Waals surface area contributed by atoms with E-state index in [4.69, 9.17) is 14.6 Å². The van der Waals surface area contributed by atoms with Gasteiger partial charge in [0, 0.05) is 12.1 Å². The normalized spacial score (nSPS) is 10.7. The van der Waals surface area contributed by atoms with Crippen LogP contribution >= 0.6 is 0 Å². The molecule has 0 atom stereocenters. The van der Waals surface area contributed by atoms with Crippen molar-refractivity contribution in [3.8, 4) is 17.6 Å². The monoisotopic (exact) mass is 442 g/mol. The number of carboxylic acid groups (broad SMARTS) is 1. The summed E-state index contributed by atoms with van der Waals surface area (Å²) in [5.41, 5.74) is 2.39. The zero-order valence-electron chi connectivity index (χ0n) is 17.9. The van der Waals surface area contributed by atoms with Crippen LogP contribution in [-0.2, 0) is 17.9 Å². The highest BCUT2D eigenvalue weighted by molar-refractivity contribution is 6.01. The summed E-state index contributed by atoms with van der Waals surface area (Å²) in [7, 11) is 1.58. The molecule has 0 radical (unpaired) electrons. The average molecular weight is 442 g/mol. The molecule has 166 valence electrons. The second-order valence-corrected chi connectivity index (χ2v) is 7.03. The third-order valence-corrected chi connectivity index (χ3v) is 4.79. The zero-order chi connectivity index (χ0) is 23.6. The number of carbonyl (C=O) groups is 2. The minimum absolute atomic E-state index is 0.0506. The highest BCUT2D eigenvalue weighted by Gasteiger charge is 2.11. The van der Waals surface area contributed by atoms with E-state index in [2.05, 4.69) is 5.32 Å². The number of nitrogens with zero attached hydrogens (tertiary/aromatic N) is 1. The molecule has 0 aliphatic carbocycles. The van der Waals surface area contributed by atoms with Crippen LogP contribution in [0.15, 0.2) is 78.4 Å². The number of benzene rings is 3. The van der Waals surface area contributed by atoms with Gasteiger partial charge in [0.1, 0.15) is 29.7 Å². The van der Waals surface area contributed by atoms with Crippen LogP contribution in [0.2, 0.25) is 0 Å². The van der Waals surface area contributed by atoms with E-state index in [1.807, 2.05) is 18.2 Å². The maximum Gasteiger partial charge on any atom is 0.335 e. The van der Waals surface area contributed by atoms with E-state index >= 15 is 0 Å². The van der Waals surface area contributed by atoms with Crippen LogP contribution in [0, 0.1) is 11.3 Å². The summed E-state index contributed by atoms with van der Waals surface area (Å²) in [4.78, 5) is 23.5. The highest BCUT2D eigenvalue weighted by Crippen LogP contribution is 2.22. The number of carboxylic acids is 1. The second-order valence-electron chi connectivity index (χ2n) is 7.03. The summed E-state index contributed by atoms with van der Waals surface area (Å²) in [6.07, 6.45) is 1.48. The van der Waals surface area contributed by atoms with Gasteiger partial charge in [0.05, 0.1) is 12.7 Å². The smallest absolute Gasteiger partial charge is 0.335 e. The number of amides is 1. The quantitative estimate of drug-likeness (QED) is 0.380. The van der Waals surface area contributed by atoms with E-state index in [-0.39, 0.29) is 24.3 Å². The molecule has 1 amide bonds. The van der Waals surface area contributed by atoms with Crippen molar-refractivity contribution in [3.63, 3.8) is 0 Å². The van der Waals surface area contributed by atoms with E-state index in [1.54, 1.807) is 55.6 Å². The molecule has 0 saturated heterocycles. The standard InChI is InChI=1S/C26H22N2O5/c1-32-23-12-8-18(9-13-23)16-28-25(29)22(15-27)14-21-4-2-3-5-24(21)33-17-19-6-10-20(11-7-19)26(30)31/h2-14H,16-17H2,1H3,(H,28,29)(H,30,31)/b22-14-. The van der Waals surface area contributed by atoms with Crippen molar-refractivity contribution in [2.45, 2.75) is 13.2 Å². The SMILES string of the molecule is COc1ccc(CNC(=O)/C(C#N)=C\c2ccccc2OCc2ccc(C(=O)O)cc2)cc1. The number of ether oxygens (including phenoxy) is 2. The molecule has 0 unspecified atom stereocenters. The summed E-state index contributed by atoms with van der Waals surface area (Å²) in [5.74, 6) is -0.271. The molecule has 0 aliphatic heterocycles. The number of rotatable bonds is 9. The third kappa shape index (κ3) is 6.45. The van der Waals surface area contributed by atoms with Gasteiger partial charge in [-0.1, -0.05) is 42.5 Å². The Morgan fingerprint density at radius 3 is 2.30 bits per heavy atom. The lowest BCUT2D eigenvalue weighted by molar-refractivity contribution is -0.117. The van der Waals surface area contributed by atoms with Crippen molar-refractivity contribution >= 4 is 18.0 Å². The van der Waals surface area contributed by atoms with E-state index in [1.165, 1.54) is 18.2 Å². The predicted octanol–water partition coefficient (Wildman–Crippen LogP) is 4.20. The molecule has 3 aromatic carbocycles. The van der Waals surface area contributed by atoms with Crippen LogP contribution in [0.1, 0.15) is 27.0 Å². The lowest BCUT2D eigenvalue weighted by Crippen LogP contribution is -2.23. The number of hydrogen-bond donors (Lipinski definition) is 2. The first-order valence-electron chi connectivity index (χ1n) is 10.1. The molecule has 7 heteroatoms. The fourth-order valence-corrected chi connectivity index (χ4v) is 2.96. The molecule has 0 fully saturated rings. The summed E-state index contributed by atoms with van der Waals surface area (Å²) < 4.78 is 11.0. The molecule has 0 aromatic heterocycles. The highest BCUT2D eigenvalue weighted by atomic mass is 16.5. The van der Waals surface area contributed by atoms with Crippen molar-refractivity contribution < 1.29 is 24.2 Å². The fraction of sp³-hybridized carbons (Fsp3) is 0.115. The lowest BCUT2D eigenvalue weighted by Gasteiger charge is -2.10. The minimum Gasteiger partial charge on any atom is -0.497 e. The summed E-state index contributed by atoms with van der Waals surface area (Å²) in [6.45, 7) is 0.475. The number of nitrogens with one attached hydrogen (secondary N) is 1. The number of aromatic carboxylic acids is 1. The molecule has 7 nitrogen and oxygen atoms in total. The van der Waals surface area contributed by atoms with Crippen molar-refractivity contribution in [2.75, 3.05) is 7.11 Å². The van der Waals surface area contributed by atoms with Gasteiger partial charge in [0.15, 0.2) is 0 Å². The van der Waals surface area contributed by atoms with E-state index in [0.717, 1.165) is 16.9 Å². The first-order valence-corrected chi connectivity index (χ1v) is 10.1. The van der Waals surface area contributed by atoms with Crippen LogP contribution in [0.25, 0.3) is 6.08 Å². The Morgan fingerprint density at radius 2 is 1.67 bits per heavy atom. The summed E-state index contributed by atoms with van der Waals surface area (Å²) in [5, 5.41) is 21.2. The van der Waals surface area contributed by atoms with Crippen LogP contribution in [0.4, 0.5) is 0 Å². The summed E-state index contributed by atoms with van der Waals surface area (Å²) in [6, 6.07) is 22.6. The number of methoxy groups -OCH3 is 1.